The Morgan fingerprint density at radius 1 is 1.21 bits per heavy atom. The highest BCUT2D eigenvalue weighted by atomic mass is 35.5. The number of hydrogen-bond acceptors (Lipinski definition) is 3. The fourth-order valence-corrected chi connectivity index (χ4v) is 3.60. The van der Waals surface area contributed by atoms with Crippen LogP contribution in [0.1, 0.15) is 12.0 Å². The summed E-state index contributed by atoms with van der Waals surface area (Å²) in [6, 6.07) is 16.3. The molecule has 0 bridgehead atoms. The van der Waals surface area contributed by atoms with Gasteiger partial charge in [-0.2, -0.15) is 0 Å². The number of ether oxygens (including phenoxy) is 1. The van der Waals surface area contributed by atoms with Gasteiger partial charge in [-0.15, -0.1) is 0 Å². The molecular formula is C22H29ClN4O. The predicted molar refractivity (Wildman–Crippen MR) is 118 cm³/mol. The molecule has 3 rings (SSSR count). The van der Waals surface area contributed by atoms with Crippen LogP contribution >= 0.6 is 11.6 Å². The van der Waals surface area contributed by atoms with Gasteiger partial charge in [0.1, 0.15) is 5.75 Å². The largest absolute Gasteiger partial charge is 0.497 e. The van der Waals surface area contributed by atoms with Gasteiger partial charge in [0, 0.05) is 50.0 Å². The summed E-state index contributed by atoms with van der Waals surface area (Å²) < 4.78 is 5.34. The van der Waals surface area contributed by atoms with Gasteiger partial charge in [0.2, 0.25) is 0 Å². The van der Waals surface area contributed by atoms with Crippen molar-refractivity contribution >= 4 is 23.2 Å². The van der Waals surface area contributed by atoms with E-state index in [2.05, 4.69) is 44.8 Å². The fourth-order valence-electron chi connectivity index (χ4n) is 3.48. The van der Waals surface area contributed by atoms with E-state index < -0.39 is 0 Å². The first kappa shape index (κ1) is 20.3. The minimum atomic E-state index is 0.598. The quantitative estimate of drug-likeness (QED) is 0.551. The second kappa shape index (κ2) is 10.2. The number of anilines is 1. The molecule has 2 aromatic carbocycles. The van der Waals surface area contributed by atoms with E-state index in [0.717, 1.165) is 49.3 Å². The van der Waals surface area contributed by atoms with E-state index in [1.807, 2.05) is 31.3 Å². The lowest BCUT2D eigenvalue weighted by atomic mass is 10.1. The highest BCUT2D eigenvalue weighted by Gasteiger charge is 2.23. The molecule has 0 saturated carbocycles. The Morgan fingerprint density at radius 2 is 2.04 bits per heavy atom. The van der Waals surface area contributed by atoms with Crippen molar-refractivity contribution in [1.82, 2.24) is 10.6 Å². The van der Waals surface area contributed by atoms with Crippen LogP contribution in [-0.2, 0) is 6.42 Å². The van der Waals surface area contributed by atoms with Gasteiger partial charge in [0.15, 0.2) is 5.96 Å². The Balaban J connectivity index is 1.41. The highest BCUT2D eigenvalue weighted by Crippen LogP contribution is 2.26. The van der Waals surface area contributed by atoms with Crippen molar-refractivity contribution in [2.45, 2.75) is 12.8 Å². The molecule has 1 saturated heterocycles. The zero-order valence-corrected chi connectivity index (χ0v) is 17.4. The van der Waals surface area contributed by atoms with Crippen molar-refractivity contribution in [2.75, 3.05) is 45.2 Å². The predicted octanol–water partition coefficient (Wildman–Crippen LogP) is 3.58. The first-order chi connectivity index (χ1) is 13.7. The molecule has 1 aliphatic rings. The third kappa shape index (κ3) is 5.80. The number of aliphatic imine (C=N–C) groups is 1. The second-order valence-corrected chi connectivity index (χ2v) is 7.49. The number of nitrogens with zero attached hydrogens (tertiary/aromatic N) is 2. The molecule has 1 unspecified atom stereocenters. The minimum absolute atomic E-state index is 0.598. The topological polar surface area (TPSA) is 48.9 Å². The van der Waals surface area contributed by atoms with E-state index in [1.165, 1.54) is 17.7 Å². The molecule has 1 atom stereocenters. The zero-order chi connectivity index (χ0) is 19.8. The van der Waals surface area contributed by atoms with Crippen LogP contribution in [-0.4, -0.2) is 46.3 Å². The molecule has 1 heterocycles. The molecule has 0 amide bonds. The summed E-state index contributed by atoms with van der Waals surface area (Å²) >= 11 is 5.93. The molecule has 1 fully saturated rings. The molecule has 1 aliphatic heterocycles. The maximum Gasteiger partial charge on any atom is 0.190 e. The van der Waals surface area contributed by atoms with Crippen LogP contribution in [0.2, 0.25) is 5.02 Å². The molecule has 2 aromatic rings. The first-order valence-corrected chi connectivity index (χ1v) is 10.1. The monoisotopic (exact) mass is 400 g/mol. The number of benzene rings is 2. The number of rotatable bonds is 7. The molecule has 0 spiro atoms. The van der Waals surface area contributed by atoms with Crippen LogP contribution in [0.3, 0.4) is 0 Å². The molecule has 5 nitrogen and oxygen atoms in total. The minimum Gasteiger partial charge on any atom is -0.497 e. The summed E-state index contributed by atoms with van der Waals surface area (Å²) in [7, 11) is 3.52. The third-order valence-corrected chi connectivity index (χ3v) is 5.36. The third-order valence-electron chi connectivity index (χ3n) is 5.11. The highest BCUT2D eigenvalue weighted by molar-refractivity contribution is 6.30. The molecule has 0 radical (unpaired) electrons. The normalized spacial score (nSPS) is 16.9. The summed E-state index contributed by atoms with van der Waals surface area (Å²) in [5.41, 5.74) is 2.49. The molecule has 0 aromatic heterocycles. The summed E-state index contributed by atoms with van der Waals surface area (Å²) in [4.78, 5) is 6.76. The van der Waals surface area contributed by atoms with Gasteiger partial charge in [-0.3, -0.25) is 4.99 Å². The maximum absolute atomic E-state index is 5.93. The van der Waals surface area contributed by atoms with Crippen molar-refractivity contribution < 1.29 is 4.74 Å². The lowest BCUT2D eigenvalue weighted by Crippen LogP contribution is -2.41. The van der Waals surface area contributed by atoms with Crippen LogP contribution in [0.4, 0.5) is 5.69 Å². The second-order valence-electron chi connectivity index (χ2n) is 7.06. The Labute approximate surface area is 172 Å². The van der Waals surface area contributed by atoms with Gasteiger partial charge < -0.3 is 20.3 Å². The summed E-state index contributed by atoms with van der Waals surface area (Å²) in [5, 5.41) is 7.63. The van der Waals surface area contributed by atoms with Crippen LogP contribution < -0.4 is 20.3 Å². The van der Waals surface area contributed by atoms with Crippen molar-refractivity contribution in [2.24, 2.45) is 10.9 Å². The van der Waals surface area contributed by atoms with Crippen LogP contribution in [0, 0.1) is 5.92 Å². The van der Waals surface area contributed by atoms with E-state index in [0.29, 0.717) is 5.92 Å². The van der Waals surface area contributed by atoms with Gasteiger partial charge >= 0.3 is 0 Å². The zero-order valence-electron chi connectivity index (χ0n) is 16.6. The van der Waals surface area contributed by atoms with E-state index in [1.54, 1.807) is 7.11 Å². The van der Waals surface area contributed by atoms with Crippen LogP contribution in [0.5, 0.6) is 5.75 Å². The summed E-state index contributed by atoms with van der Waals surface area (Å²) in [5.74, 6) is 2.36. The van der Waals surface area contributed by atoms with Gasteiger partial charge in [0.25, 0.3) is 0 Å². The van der Waals surface area contributed by atoms with Crippen molar-refractivity contribution in [3.8, 4) is 5.75 Å². The standard InChI is InChI=1S/C22H29ClN4O/c1-24-22(25-12-10-17-6-8-19(23)9-7-17)26-15-18-11-13-27(16-18)20-4-3-5-21(14-20)28-2/h3-9,14,18H,10-13,15-16H2,1-2H3,(H2,24,25,26). The van der Waals surface area contributed by atoms with Crippen LogP contribution in [0.25, 0.3) is 0 Å². The Kier molecular flexibility index (Phi) is 7.43. The van der Waals surface area contributed by atoms with Crippen molar-refractivity contribution in [1.29, 1.82) is 0 Å². The molecule has 150 valence electrons. The molecule has 6 heteroatoms. The van der Waals surface area contributed by atoms with Gasteiger partial charge in [-0.25, -0.2) is 0 Å². The molecule has 0 aliphatic carbocycles. The van der Waals surface area contributed by atoms with E-state index in [9.17, 15) is 0 Å². The van der Waals surface area contributed by atoms with Crippen molar-refractivity contribution in [3.63, 3.8) is 0 Å². The number of methoxy groups -OCH3 is 1. The summed E-state index contributed by atoms with van der Waals surface area (Å²) in [6.45, 7) is 3.87. The maximum atomic E-state index is 5.93. The lowest BCUT2D eigenvalue weighted by molar-refractivity contribution is 0.415. The van der Waals surface area contributed by atoms with E-state index >= 15 is 0 Å². The average Bonchev–Trinajstić information content (AvgIpc) is 3.21. The van der Waals surface area contributed by atoms with E-state index in [4.69, 9.17) is 16.3 Å². The average molecular weight is 401 g/mol. The Morgan fingerprint density at radius 3 is 2.79 bits per heavy atom. The summed E-state index contributed by atoms with van der Waals surface area (Å²) in [6.07, 6.45) is 2.11. The number of halogens is 1. The van der Waals surface area contributed by atoms with Gasteiger partial charge in [-0.1, -0.05) is 29.8 Å². The lowest BCUT2D eigenvalue weighted by Gasteiger charge is -2.20. The van der Waals surface area contributed by atoms with Gasteiger partial charge in [-0.05, 0) is 48.6 Å². The number of guanidine groups is 1. The van der Waals surface area contributed by atoms with Gasteiger partial charge in [0.05, 0.1) is 7.11 Å². The molecule has 2 N–H and O–H groups in total. The number of hydrogen-bond donors (Lipinski definition) is 2. The Bertz CT molecular complexity index is 778. The smallest absolute Gasteiger partial charge is 0.190 e. The molecular weight excluding hydrogens is 372 g/mol. The van der Waals surface area contributed by atoms with Crippen molar-refractivity contribution in [3.05, 3.63) is 59.1 Å². The van der Waals surface area contributed by atoms with E-state index in [-0.39, 0.29) is 0 Å². The number of nitrogens with one attached hydrogen (secondary N) is 2. The molecule has 28 heavy (non-hydrogen) atoms. The van der Waals surface area contributed by atoms with Crippen LogP contribution in [0.15, 0.2) is 53.5 Å². The SMILES string of the molecule is CN=C(NCCc1ccc(Cl)cc1)NCC1CCN(c2cccc(OC)c2)C1. The fraction of sp³-hybridized carbons (Fsp3) is 0.409. The Hall–Kier alpha value is -2.40. The first-order valence-electron chi connectivity index (χ1n) is 9.76.